The summed E-state index contributed by atoms with van der Waals surface area (Å²) in [5.41, 5.74) is 0.963. The SMILES string of the molecule is O=C(NCC(=O)N1CCC(c2nc3ccccc3s2)CC1)c1ccccc1OC(F)F. The summed E-state index contributed by atoms with van der Waals surface area (Å²) in [7, 11) is 0. The van der Waals surface area contributed by atoms with E-state index in [0.717, 1.165) is 28.1 Å². The monoisotopic (exact) mass is 445 g/mol. The Bertz CT molecular complexity index is 1050. The summed E-state index contributed by atoms with van der Waals surface area (Å²) in [6.45, 7) is -2.07. The lowest BCUT2D eigenvalue weighted by Crippen LogP contribution is -2.43. The van der Waals surface area contributed by atoms with E-state index >= 15 is 0 Å². The van der Waals surface area contributed by atoms with Crippen LogP contribution in [0.2, 0.25) is 0 Å². The van der Waals surface area contributed by atoms with Crippen LogP contribution in [0, 0.1) is 0 Å². The van der Waals surface area contributed by atoms with Gasteiger partial charge in [-0.05, 0) is 37.1 Å². The molecule has 0 unspecified atom stereocenters. The van der Waals surface area contributed by atoms with Crippen molar-refractivity contribution in [3.05, 3.63) is 59.1 Å². The van der Waals surface area contributed by atoms with Crippen molar-refractivity contribution in [2.75, 3.05) is 19.6 Å². The van der Waals surface area contributed by atoms with Gasteiger partial charge in [0, 0.05) is 19.0 Å². The van der Waals surface area contributed by atoms with Crippen LogP contribution in [-0.2, 0) is 4.79 Å². The van der Waals surface area contributed by atoms with E-state index in [-0.39, 0.29) is 23.8 Å². The molecule has 1 aliphatic rings. The van der Waals surface area contributed by atoms with Gasteiger partial charge in [-0.2, -0.15) is 8.78 Å². The standard InChI is InChI=1S/C22H21F2N3O3S/c23-22(24)30-17-7-3-1-5-15(17)20(29)25-13-19(28)27-11-9-14(10-12-27)21-26-16-6-2-4-8-18(16)31-21/h1-8,14,22H,9-13H2,(H,25,29). The number of amides is 2. The van der Waals surface area contributed by atoms with E-state index in [0.29, 0.717) is 19.0 Å². The molecule has 2 aromatic carbocycles. The minimum absolute atomic E-state index is 0.0369. The first-order valence-electron chi connectivity index (χ1n) is 9.96. The van der Waals surface area contributed by atoms with Crippen molar-refractivity contribution in [1.29, 1.82) is 0 Å². The maximum Gasteiger partial charge on any atom is 0.387 e. The molecule has 0 atom stereocenters. The number of nitrogens with zero attached hydrogens (tertiary/aromatic N) is 2. The average Bonchev–Trinajstić information content (AvgIpc) is 3.21. The number of hydrogen-bond donors (Lipinski definition) is 1. The normalized spacial score (nSPS) is 14.7. The third kappa shape index (κ3) is 4.99. The minimum Gasteiger partial charge on any atom is -0.434 e. The lowest BCUT2D eigenvalue weighted by molar-refractivity contribution is -0.131. The number of likely N-dealkylation sites (tertiary alicyclic amines) is 1. The number of nitrogens with one attached hydrogen (secondary N) is 1. The summed E-state index contributed by atoms with van der Waals surface area (Å²) in [6.07, 6.45) is 1.62. The van der Waals surface area contributed by atoms with Crippen LogP contribution < -0.4 is 10.1 Å². The molecule has 9 heteroatoms. The van der Waals surface area contributed by atoms with Crippen molar-refractivity contribution in [2.24, 2.45) is 0 Å². The Kier molecular flexibility index (Phi) is 6.41. The molecule has 0 saturated carbocycles. The van der Waals surface area contributed by atoms with Gasteiger partial charge in [-0.3, -0.25) is 9.59 Å². The van der Waals surface area contributed by atoms with Gasteiger partial charge in [0.05, 0.1) is 27.3 Å². The predicted octanol–water partition coefficient (Wildman–Crippen LogP) is 4.03. The van der Waals surface area contributed by atoms with E-state index in [1.54, 1.807) is 22.3 Å². The van der Waals surface area contributed by atoms with Crippen molar-refractivity contribution in [3.8, 4) is 5.75 Å². The van der Waals surface area contributed by atoms with Crippen LogP contribution in [0.4, 0.5) is 8.78 Å². The van der Waals surface area contributed by atoms with Crippen LogP contribution in [0.15, 0.2) is 48.5 Å². The maximum absolute atomic E-state index is 12.5. The number of thiazole rings is 1. The molecule has 2 amide bonds. The molecule has 2 heterocycles. The Hall–Kier alpha value is -3.07. The number of benzene rings is 2. The maximum atomic E-state index is 12.5. The lowest BCUT2D eigenvalue weighted by atomic mass is 9.97. The van der Waals surface area contributed by atoms with Gasteiger partial charge in [0.1, 0.15) is 5.75 Å². The molecule has 1 saturated heterocycles. The molecule has 0 radical (unpaired) electrons. The van der Waals surface area contributed by atoms with Gasteiger partial charge in [0.2, 0.25) is 5.91 Å². The Labute approximate surface area is 181 Å². The Morgan fingerprint density at radius 1 is 1.13 bits per heavy atom. The van der Waals surface area contributed by atoms with Crippen LogP contribution in [0.5, 0.6) is 5.75 Å². The second-order valence-corrected chi connectivity index (χ2v) is 8.29. The van der Waals surface area contributed by atoms with Gasteiger partial charge in [-0.15, -0.1) is 11.3 Å². The third-order valence-corrected chi connectivity index (χ3v) is 6.45. The number of ether oxygens (including phenoxy) is 1. The lowest BCUT2D eigenvalue weighted by Gasteiger charge is -2.31. The Morgan fingerprint density at radius 3 is 2.58 bits per heavy atom. The number of piperidine rings is 1. The first-order chi connectivity index (χ1) is 15.0. The smallest absolute Gasteiger partial charge is 0.387 e. The van der Waals surface area contributed by atoms with Gasteiger partial charge in [-0.1, -0.05) is 24.3 Å². The largest absolute Gasteiger partial charge is 0.434 e. The minimum atomic E-state index is -3.03. The molecule has 31 heavy (non-hydrogen) atoms. The van der Waals surface area contributed by atoms with Crippen molar-refractivity contribution in [1.82, 2.24) is 15.2 Å². The topological polar surface area (TPSA) is 71.5 Å². The molecule has 3 aromatic rings. The molecule has 1 N–H and O–H groups in total. The number of alkyl halides is 2. The van der Waals surface area contributed by atoms with Gasteiger partial charge in [0.25, 0.3) is 5.91 Å². The van der Waals surface area contributed by atoms with Crippen LogP contribution in [0.25, 0.3) is 10.2 Å². The van der Waals surface area contributed by atoms with E-state index in [2.05, 4.69) is 16.1 Å². The van der Waals surface area contributed by atoms with Gasteiger partial charge in [0.15, 0.2) is 0 Å². The molecule has 0 spiro atoms. The van der Waals surface area contributed by atoms with Crippen molar-refractivity contribution in [3.63, 3.8) is 0 Å². The summed E-state index contributed by atoms with van der Waals surface area (Å²) < 4.78 is 30.6. The molecule has 0 aliphatic carbocycles. The fourth-order valence-electron chi connectivity index (χ4n) is 3.66. The predicted molar refractivity (Wildman–Crippen MR) is 114 cm³/mol. The zero-order chi connectivity index (χ0) is 21.8. The fourth-order valence-corrected chi connectivity index (χ4v) is 4.79. The molecular formula is C22H21F2N3O3S. The first-order valence-corrected chi connectivity index (χ1v) is 10.8. The quantitative estimate of drug-likeness (QED) is 0.622. The molecule has 0 bridgehead atoms. The number of para-hydroxylation sites is 2. The summed E-state index contributed by atoms with van der Waals surface area (Å²) in [5.74, 6) is -0.745. The van der Waals surface area contributed by atoms with E-state index < -0.39 is 12.5 Å². The van der Waals surface area contributed by atoms with Crippen molar-refractivity contribution in [2.45, 2.75) is 25.4 Å². The highest BCUT2D eigenvalue weighted by Gasteiger charge is 2.26. The molecule has 4 rings (SSSR count). The third-order valence-electron chi connectivity index (χ3n) is 5.26. The summed E-state index contributed by atoms with van der Waals surface area (Å²) in [5, 5.41) is 3.60. The van der Waals surface area contributed by atoms with E-state index in [4.69, 9.17) is 4.98 Å². The van der Waals surface area contributed by atoms with Crippen LogP contribution in [0.3, 0.4) is 0 Å². The number of hydrogen-bond acceptors (Lipinski definition) is 5. The highest BCUT2D eigenvalue weighted by Crippen LogP contribution is 2.33. The molecule has 1 aliphatic heterocycles. The molecule has 1 fully saturated rings. The molecule has 6 nitrogen and oxygen atoms in total. The van der Waals surface area contributed by atoms with Gasteiger partial charge < -0.3 is 15.0 Å². The first kappa shape index (κ1) is 21.2. The van der Waals surface area contributed by atoms with Crippen LogP contribution in [0.1, 0.15) is 34.1 Å². The summed E-state index contributed by atoms with van der Waals surface area (Å²) in [4.78, 5) is 31.3. The van der Waals surface area contributed by atoms with Gasteiger partial charge in [-0.25, -0.2) is 4.98 Å². The van der Waals surface area contributed by atoms with Crippen molar-refractivity contribution < 1.29 is 23.1 Å². The van der Waals surface area contributed by atoms with Crippen molar-refractivity contribution >= 4 is 33.4 Å². The summed E-state index contributed by atoms with van der Waals surface area (Å²) in [6, 6.07) is 13.7. The second kappa shape index (κ2) is 9.38. The second-order valence-electron chi connectivity index (χ2n) is 7.23. The number of fused-ring (bicyclic) bond motifs is 1. The van der Waals surface area contributed by atoms with E-state index in [1.807, 2.05) is 18.2 Å². The van der Waals surface area contributed by atoms with E-state index in [9.17, 15) is 18.4 Å². The summed E-state index contributed by atoms with van der Waals surface area (Å²) >= 11 is 1.69. The van der Waals surface area contributed by atoms with Gasteiger partial charge >= 0.3 is 6.61 Å². The number of aromatic nitrogens is 1. The van der Waals surface area contributed by atoms with Crippen LogP contribution >= 0.6 is 11.3 Å². The highest BCUT2D eigenvalue weighted by atomic mass is 32.1. The number of carbonyl (C=O) groups is 2. The molecule has 1 aromatic heterocycles. The zero-order valence-electron chi connectivity index (χ0n) is 16.6. The highest BCUT2D eigenvalue weighted by molar-refractivity contribution is 7.18. The Balaban J connectivity index is 1.30. The molecule has 162 valence electrons. The van der Waals surface area contributed by atoms with Crippen LogP contribution in [-0.4, -0.2) is 47.9 Å². The Morgan fingerprint density at radius 2 is 1.84 bits per heavy atom. The fraction of sp³-hybridized carbons (Fsp3) is 0.318. The average molecular weight is 445 g/mol. The molecular weight excluding hydrogens is 424 g/mol. The number of halogens is 2. The van der Waals surface area contributed by atoms with E-state index in [1.165, 1.54) is 18.2 Å². The zero-order valence-corrected chi connectivity index (χ0v) is 17.4. The number of carbonyl (C=O) groups excluding carboxylic acids is 2. The number of rotatable bonds is 6.